The molecule has 1 heterocycles. The average Bonchev–Trinajstić information content (AvgIpc) is 3.03. The Morgan fingerprint density at radius 3 is 2.67 bits per heavy atom. The molecule has 0 spiro atoms. The van der Waals surface area contributed by atoms with Crippen molar-refractivity contribution in [1.29, 1.82) is 0 Å². The number of furan rings is 1. The Kier molecular flexibility index (Phi) is 4.76. The first-order valence-corrected chi connectivity index (χ1v) is 8.17. The van der Waals surface area contributed by atoms with Gasteiger partial charge in [0, 0.05) is 12.5 Å². The van der Waals surface area contributed by atoms with E-state index in [9.17, 15) is 0 Å². The van der Waals surface area contributed by atoms with Gasteiger partial charge in [-0.3, -0.25) is 0 Å². The van der Waals surface area contributed by atoms with Crippen molar-refractivity contribution in [3.05, 3.63) is 60.1 Å². The quantitative estimate of drug-likeness (QED) is 0.880. The molecule has 3 unspecified atom stereocenters. The van der Waals surface area contributed by atoms with Crippen molar-refractivity contribution in [1.82, 2.24) is 5.32 Å². The number of rotatable bonds is 5. The summed E-state index contributed by atoms with van der Waals surface area (Å²) in [5, 5.41) is 3.68. The van der Waals surface area contributed by atoms with Crippen LogP contribution < -0.4 is 5.32 Å². The summed E-state index contributed by atoms with van der Waals surface area (Å²) in [4.78, 5) is 0. The molecule has 3 atom stereocenters. The van der Waals surface area contributed by atoms with Crippen LogP contribution in [0.5, 0.6) is 0 Å². The third-order valence-electron chi connectivity index (χ3n) is 4.76. The molecule has 0 aliphatic heterocycles. The van der Waals surface area contributed by atoms with Crippen LogP contribution in [0.2, 0.25) is 0 Å². The normalized spacial score (nSPS) is 25.9. The van der Waals surface area contributed by atoms with Gasteiger partial charge < -0.3 is 9.73 Å². The topological polar surface area (TPSA) is 25.2 Å². The van der Waals surface area contributed by atoms with E-state index in [0.717, 1.165) is 18.7 Å². The first-order chi connectivity index (χ1) is 10.4. The summed E-state index contributed by atoms with van der Waals surface area (Å²) in [5.74, 6) is 2.48. The second kappa shape index (κ2) is 6.95. The van der Waals surface area contributed by atoms with E-state index >= 15 is 0 Å². The highest BCUT2D eigenvalue weighted by atomic mass is 16.3. The molecule has 2 aromatic rings. The van der Waals surface area contributed by atoms with Gasteiger partial charge in [0.25, 0.3) is 0 Å². The zero-order valence-electron chi connectivity index (χ0n) is 12.8. The molecule has 1 aromatic heterocycles. The minimum atomic E-state index is 0.625. The van der Waals surface area contributed by atoms with Gasteiger partial charge >= 0.3 is 0 Å². The molecule has 1 fully saturated rings. The lowest BCUT2D eigenvalue weighted by Crippen LogP contribution is -2.41. The highest BCUT2D eigenvalue weighted by Gasteiger charge is 2.31. The monoisotopic (exact) mass is 283 g/mol. The SMILES string of the molecule is CCNC1CCC(c2ccccc2)CC1Cc1ccco1. The van der Waals surface area contributed by atoms with Gasteiger partial charge in [0.2, 0.25) is 0 Å². The molecule has 0 amide bonds. The minimum Gasteiger partial charge on any atom is -0.469 e. The lowest BCUT2D eigenvalue weighted by Gasteiger charge is -2.36. The van der Waals surface area contributed by atoms with E-state index in [1.54, 1.807) is 6.26 Å². The van der Waals surface area contributed by atoms with Crippen LogP contribution in [0, 0.1) is 5.92 Å². The van der Waals surface area contributed by atoms with Gasteiger partial charge in [-0.25, -0.2) is 0 Å². The van der Waals surface area contributed by atoms with Gasteiger partial charge in [0.05, 0.1) is 6.26 Å². The number of hydrogen-bond acceptors (Lipinski definition) is 2. The molecule has 21 heavy (non-hydrogen) atoms. The largest absolute Gasteiger partial charge is 0.469 e. The fourth-order valence-corrected chi connectivity index (χ4v) is 3.74. The molecule has 1 aliphatic rings. The lowest BCUT2D eigenvalue weighted by molar-refractivity contribution is 0.231. The standard InChI is InChI=1S/C19H25NO/c1-2-20-19-11-10-16(15-7-4-3-5-8-15)13-17(19)14-18-9-6-12-21-18/h3-9,12,16-17,19-20H,2,10-11,13-14H2,1H3. The summed E-state index contributed by atoms with van der Waals surface area (Å²) in [5.41, 5.74) is 1.50. The van der Waals surface area contributed by atoms with E-state index in [1.165, 1.54) is 24.8 Å². The molecule has 1 N–H and O–H groups in total. The van der Waals surface area contributed by atoms with Crippen LogP contribution in [0.4, 0.5) is 0 Å². The third kappa shape index (κ3) is 3.56. The van der Waals surface area contributed by atoms with Crippen LogP contribution in [0.15, 0.2) is 53.1 Å². The Balaban J connectivity index is 1.72. The number of benzene rings is 1. The zero-order valence-corrected chi connectivity index (χ0v) is 12.8. The van der Waals surface area contributed by atoms with Crippen LogP contribution >= 0.6 is 0 Å². The average molecular weight is 283 g/mol. The summed E-state index contributed by atoms with van der Waals surface area (Å²) < 4.78 is 5.58. The maximum Gasteiger partial charge on any atom is 0.104 e. The van der Waals surface area contributed by atoms with Gasteiger partial charge in [0.15, 0.2) is 0 Å². The summed E-state index contributed by atoms with van der Waals surface area (Å²) >= 11 is 0. The van der Waals surface area contributed by atoms with E-state index in [1.807, 2.05) is 6.07 Å². The van der Waals surface area contributed by atoms with Crippen LogP contribution in [0.25, 0.3) is 0 Å². The molecule has 1 aromatic carbocycles. The van der Waals surface area contributed by atoms with Crippen molar-refractivity contribution in [2.75, 3.05) is 6.54 Å². The molecular formula is C19H25NO. The number of hydrogen-bond donors (Lipinski definition) is 1. The third-order valence-corrected chi connectivity index (χ3v) is 4.76. The van der Waals surface area contributed by atoms with E-state index in [0.29, 0.717) is 17.9 Å². The van der Waals surface area contributed by atoms with Crippen molar-refractivity contribution < 1.29 is 4.42 Å². The predicted molar refractivity (Wildman–Crippen MR) is 86.4 cm³/mol. The molecule has 112 valence electrons. The highest BCUT2D eigenvalue weighted by molar-refractivity contribution is 5.20. The van der Waals surface area contributed by atoms with Crippen molar-refractivity contribution in [3.63, 3.8) is 0 Å². The molecule has 3 rings (SSSR count). The van der Waals surface area contributed by atoms with Gasteiger partial charge in [-0.2, -0.15) is 0 Å². The lowest BCUT2D eigenvalue weighted by atomic mass is 9.73. The van der Waals surface area contributed by atoms with E-state index in [-0.39, 0.29) is 0 Å². The van der Waals surface area contributed by atoms with Gasteiger partial charge in [-0.05, 0) is 55.3 Å². The van der Waals surface area contributed by atoms with Crippen LogP contribution in [0.1, 0.15) is 43.4 Å². The Morgan fingerprint density at radius 1 is 1.10 bits per heavy atom. The smallest absolute Gasteiger partial charge is 0.104 e. The van der Waals surface area contributed by atoms with Gasteiger partial charge in [0.1, 0.15) is 5.76 Å². The zero-order chi connectivity index (χ0) is 14.5. The molecule has 2 heteroatoms. The molecule has 2 nitrogen and oxygen atoms in total. The molecule has 1 saturated carbocycles. The maximum atomic E-state index is 5.58. The molecule has 0 radical (unpaired) electrons. The van der Waals surface area contributed by atoms with E-state index in [2.05, 4.69) is 48.6 Å². The van der Waals surface area contributed by atoms with Crippen LogP contribution in [-0.2, 0) is 6.42 Å². The minimum absolute atomic E-state index is 0.625. The molecule has 0 bridgehead atoms. The summed E-state index contributed by atoms with van der Waals surface area (Å²) in [7, 11) is 0. The second-order valence-electron chi connectivity index (χ2n) is 6.13. The second-order valence-corrected chi connectivity index (χ2v) is 6.13. The molecular weight excluding hydrogens is 258 g/mol. The van der Waals surface area contributed by atoms with Crippen molar-refractivity contribution >= 4 is 0 Å². The Morgan fingerprint density at radius 2 is 1.95 bits per heavy atom. The van der Waals surface area contributed by atoms with Crippen molar-refractivity contribution in [3.8, 4) is 0 Å². The Hall–Kier alpha value is -1.54. The van der Waals surface area contributed by atoms with Crippen LogP contribution in [0.3, 0.4) is 0 Å². The fraction of sp³-hybridized carbons (Fsp3) is 0.474. The summed E-state index contributed by atoms with van der Waals surface area (Å²) in [6, 6.07) is 15.7. The van der Waals surface area contributed by atoms with E-state index in [4.69, 9.17) is 4.42 Å². The van der Waals surface area contributed by atoms with Crippen molar-refractivity contribution in [2.45, 2.75) is 44.6 Å². The maximum absolute atomic E-state index is 5.58. The van der Waals surface area contributed by atoms with Gasteiger partial charge in [-0.1, -0.05) is 37.3 Å². The molecule has 1 aliphatic carbocycles. The first kappa shape index (κ1) is 14.4. The van der Waals surface area contributed by atoms with E-state index < -0.39 is 0 Å². The number of nitrogens with one attached hydrogen (secondary N) is 1. The fourth-order valence-electron chi connectivity index (χ4n) is 3.74. The van der Waals surface area contributed by atoms with Crippen LogP contribution in [-0.4, -0.2) is 12.6 Å². The van der Waals surface area contributed by atoms with Crippen molar-refractivity contribution in [2.24, 2.45) is 5.92 Å². The predicted octanol–water partition coefficient (Wildman–Crippen LogP) is 4.38. The Labute approximate surface area is 127 Å². The highest BCUT2D eigenvalue weighted by Crippen LogP contribution is 2.37. The first-order valence-electron chi connectivity index (χ1n) is 8.17. The summed E-state index contributed by atoms with van der Waals surface area (Å²) in [6.07, 6.45) is 6.64. The Bertz CT molecular complexity index is 520. The molecule has 0 saturated heterocycles. The summed E-state index contributed by atoms with van der Waals surface area (Å²) in [6.45, 7) is 3.25. The van der Waals surface area contributed by atoms with Gasteiger partial charge in [-0.15, -0.1) is 0 Å².